The van der Waals surface area contributed by atoms with Gasteiger partial charge in [-0.05, 0) is 57.1 Å². The fourth-order valence-electron chi connectivity index (χ4n) is 2.01. The number of hydrogen-bond acceptors (Lipinski definition) is 9. The monoisotopic (exact) mass is 431 g/mol. The topological polar surface area (TPSA) is 167 Å². The van der Waals surface area contributed by atoms with Crippen molar-refractivity contribution in [1.82, 2.24) is 0 Å². The Morgan fingerprint density at radius 1 is 0.800 bits per heavy atom. The molecule has 2 atom stereocenters. The predicted molar refractivity (Wildman–Crippen MR) is 123 cm³/mol. The highest BCUT2D eigenvalue weighted by Crippen LogP contribution is 2.24. The molecule has 10 N–H and O–H groups in total. The Kier molecular flexibility index (Phi) is 22.5. The smallest absolute Gasteiger partial charge is 0.0669 e. The maximum absolute atomic E-state index is 5.63. The lowest BCUT2D eigenvalue weighted by Gasteiger charge is -2.31. The summed E-state index contributed by atoms with van der Waals surface area (Å²) < 4.78 is 22.1. The van der Waals surface area contributed by atoms with Crippen molar-refractivity contribution in [3.63, 3.8) is 0 Å². The van der Waals surface area contributed by atoms with Crippen LogP contribution in [0.15, 0.2) is 36.8 Å². The van der Waals surface area contributed by atoms with E-state index in [1.54, 1.807) is 18.2 Å². The first-order chi connectivity index (χ1) is 14.4. The van der Waals surface area contributed by atoms with Gasteiger partial charge in [-0.1, -0.05) is 6.92 Å². The molecule has 9 heteroatoms. The van der Waals surface area contributed by atoms with Gasteiger partial charge in [0, 0.05) is 18.0 Å². The van der Waals surface area contributed by atoms with E-state index in [1.165, 1.54) is 18.6 Å². The Morgan fingerprint density at radius 2 is 1.20 bits per heavy atom. The van der Waals surface area contributed by atoms with Crippen molar-refractivity contribution in [1.29, 1.82) is 0 Å². The Hall–Kier alpha value is -1.62. The van der Waals surface area contributed by atoms with Gasteiger partial charge < -0.3 is 47.6 Å². The average molecular weight is 432 g/mol. The first-order valence-electron chi connectivity index (χ1n) is 10.3. The summed E-state index contributed by atoms with van der Waals surface area (Å²) in [5, 5.41) is 0. The molecule has 0 aromatic rings. The minimum Gasteiger partial charge on any atom is -0.405 e. The molecule has 0 rings (SSSR count). The van der Waals surface area contributed by atoms with Crippen molar-refractivity contribution in [3.8, 4) is 0 Å². The largest absolute Gasteiger partial charge is 0.405 e. The molecule has 0 aliphatic carbocycles. The lowest BCUT2D eigenvalue weighted by molar-refractivity contribution is -0.0588. The van der Waals surface area contributed by atoms with Gasteiger partial charge >= 0.3 is 0 Å². The van der Waals surface area contributed by atoms with Crippen LogP contribution in [0.4, 0.5) is 0 Å². The normalized spacial score (nSPS) is 14.3. The van der Waals surface area contributed by atoms with E-state index in [9.17, 15) is 0 Å². The summed E-state index contributed by atoms with van der Waals surface area (Å²) in [6, 6.07) is 0.110. The first kappa shape index (κ1) is 30.6. The number of hydrogen-bond donors (Lipinski definition) is 5. The Labute approximate surface area is 182 Å². The van der Waals surface area contributed by atoms with Crippen LogP contribution < -0.4 is 28.7 Å². The summed E-state index contributed by atoms with van der Waals surface area (Å²) >= 11 is 0. The highest BCUT2D eigenvalue weighted by molar-refractivity contribution is 4.82. The molecular formula is C21H45N5O4. The summed E-state index contributed by atoms with van der Waals surface area (Å²) in [7, 11) is 0. The van der Waals surface area contributed by atoms with Crippen molar-refractivity contribution >= 4 is 0 Å². The summed E-state index contributed by atoms with van der Waals surface area (Å²) in [5.74, 6) is 0. The van der Waals surface area contributed by atoms with Gasteiger partial charge in [0.05, 0.1) is 52.4 Å². The van der Waals surface area contributed by atoms with E-state index in [4.69, 9.17) is 47.6 Å². The van der Waals surface area contributed by atoms with E-state index >= 15 is 0 Å². The third-order valence-electron chi connectivity index (χ3n) is 4.00. The first-order valence-corrected chi connectivity index (χ1v) is 10.3. The minimum absolute atomic E-state index is 0.110. The van der Waals surface area contributed by atoms with Crippen LogP contribution in [0, 0.1) is 5.41 Å². The standard InChI is InChI=1S/C15H29N3O3.C6H16N2O/c1-2-15(12-19-9-3-6-16,13-20-10-4-7-17)14-21-11-5-8-18;1-5(8)4-9-6(2)3-7/h3-8H,2,9-14,16-18H2,1H3;5-6H,3-4,7-8H2,1-2H3/b6-3+,7-4+,8-5+;. The van der Waals surface area contributed by atoms with Crippen LogP contribution in [-0.4, -0.2) is 64.9 Å². The SMILES string of the molecule is CC(N)COC(C)CN.CCC(COC/C=C/N)(COC/C=C/N)COC/C=C/N. The van der Waals surface area contributed by atoms with Gasteiger partial charge in [0.25, 0.3) is 0 Å². The molecule has 0 amide bonds. The summed E-state index contributed by atoms with van der Waals surface area (Å²) in [6.07, 6.45) is 10.7. The summed E-state index contributed by atoms with van der Waals surface area (Å²) in [5.41, 5.74) is 26.4. The minimum atomic E-state index is -0.201. The van der Waals surface area contributed by atoms with Crippen molar-refractivity contribution in [2.24, 2.45) is 34.1 Å². The molecule has 0 spiro atoms. The number of nitrogens with two attached hydrogens (primary N) is 5. The fourth-order valence-corrected chi connectivity index (χ4v) is 2.01. The molecule has 0 aromatic heterocycles. The van der Waals surface area contributed by atoms with Crippen molar-refractivity contribution < 1.29 is 18.9 Å². The molecule has 0 aromatic carbocycles. The van der Waals surface area contributed by atoms with Gasteiger partial charge in [-0.2, -0.15) is 0 Å². The van der Waals surface area contributed by atoms with E-state index in [1.807, 2.05) is 13.8 Å². The Balaban J connectivity index is 0. The van der Waals surface area contributed by atoms with Crippen molar-refractivity contribution in [3.05, 3.63) is 36.8 Å². The molecule has 0 radical (unpaired) electrons. The van der Waals surface area contributed by atoms with E-state index in [0.717, 1.165) is 6.42 Å². The second-order valence-electron chi connectivity index (χ2n) is 7.04. The van der Waals surface area contributed by atoms with Crippen LogP contribution in [-0.2, 0) is 18.9 Å². The highest BCUT2D eigenvalue weighted by Gasteiger charge is 2.29. The lowest BCUT2D eigenvalue weighted by atomic mass is 9.88. The van der Waals surface area contributed by atoms with E-state index in [0.29, 0.717) is 52.8 Å². The quantitative estimate of drug-likeness (QED) is 0.206. The molecule has 0 bridgehead atoms. The summed E-state index contributed by atoms with van der Waals surface area (Å²) in [6.45, 7) is 10.1. The van der Waals surface area contributed by atoms with Crippen LogP contribution >= 0.6 is 0 Å². The van der Waals surface area contributed by atoms with Gasteiger partial charge in [0.2, 0.25) is 0 Å². The molecule has 178 valence electrons. The molecule has 0 saturated carbocycles. The third-order valence-corrected chi connectivity index (χ3v) is 4.00. The van der Waals surface area contributed by atoms with Gasteiger partial charge in [0.15, 0.2) is 0 Å². The average Bonchev–Trinajstić information content (AvgIpc) is 2.75. The fraction of sp³-hybridized carbons (Fsp3) is 0.714. The number of rotatable bonds is 17. The van der Waals surface area contributed by atoms with Gasteiger partial charge in [-0.3, -0.25) is 0 Å². The zero-order chi connectivity index (χ0) is 23.1. The molecule has 9 nitrogen and oxygen atoms in total. The zero-order valence-corrected chi connectivity index (χ0v) is 19.0. The summed E-state index contributed by atoms with van der Waals surface area (Å²) in [4.78, 5) is 0. The van der Waals surface area contributed by atoms with Gasteiger partial charge in [-0.25, -0.2) is 0 Å². The van der Waals surface area contributed by atoms with E-state index in [2.05, 4.69) is 6.92 Å². The predicted octanol–water partition coefficient (Wildman–Crippen LogP) is 0.547. The zero-order valence-electron chi connectivity index (χ0n) is 19.0. The van der Waals surface area contributed by atoms with Crippen LogP contribution in [0.1, 0.15) is 27.2 Å². The second-order valence-corrected chi connectivity index (χ2v) is 7.04. The maximum atomic E-state index is 5.63. The van der Waals surface area contributed by atoms with Crippen LogP contribution in [0.5, 0.6) is 0 Å². The molecule has 0 aliphatic heterocycles. The van der Waals surface area contributed by atoms with Crippen LogP contribution in [0.25, 0.3) is 0 Å². The van der Waals surface area contributed by atoms with Crippen molar-refractivity contribution in [2.75, 3.05) is 52.8 Å². The van der Waals surface area contributed by atoms with Crippen molar-refractivity contribution in [2.45, 2.75) is 39.3 Å². The molecule has 0 fully saturated rings. The lowest BCUT2D eigenvalue weighted by Crippen LogP contribution is -2.37. The van der Waals surface area contributed by atoms with E-state index < -0.39 is 0 Å². The molecule has 2 unspecified atom stereocenters. The third kappa shape index (κ3) is 19.7. The number of ether oxygens (including phenoxy) is 4. The second kappa shape index (κ2) is 22.1. The molecule has 0 saturated heterocycles. The molecule has 0 heterocycles. The van der Waals surface area contributed by atoms with Crippen LogP contribution in [0.2, 0.25) is 0 Å². The van der Waals surface area contributed by atoms with Gasteiger partial charge in [-0.15, -0.1) is 0 Å². The molecule has 30 heavy (non-hydrogen) atoms. The highest BCUT2D eigenvalue weighted by atomic mass is 16.5. The Bertz CT molecular complexity index is 400. The van der Waals surface area contributed by atoms with E-state index in [-0.39, 0.29) is 17.6 Å². The Morgan fingerprint density at radius 3 is 1.47 bits per heavy atom. The molecule has 0 aliphatic rings. The maximum Gasteiger partial charge on any atom is 0.0669 e. The van der Waals surface area contributed by atoms with Gasteiger partial charge in [0.1, 0.15) is 0 Å². The molecular weight excluding hydrogens is 386 g/mol. The van der Waals surface area contributed by atoms with Crippen LogP contribution in [0.3, 0.4) is 0 Å².